The van der Waals surface area contributed by atoms with Crippen LogP contribution in [0.15, 0.2) is 36.4 Å². The minimum atomic E-state index is -1.92. The van der Waals surface area contributed by atoms with Crippen LogP contribution in [0.2, 0.25) is 36.3 Å². The van der Waals surface area contributed by atoms with Gasteiger partial charge in [0, 0.05) is 25.9 Å². The van der Waals surface area contributed by atoms with E-state index < -0.39 is 22.4 Å². The number of carbonyl (C=O) groups is 1. The van der Waals surface area contributed by atoms with Gasteiger partial charge < -0.3 is 27.8 Å². The zero-order chi connectivity index (χ0) is 39.1. The summed E-state index contributed by atoms with van der Waals surface area (Å²) in [5, 5.41) is 0. The molecular formula is C42H74O7S2Si2. The molecule has 0 radical (unpaired) electrons. The highest BCUT2D eigenvalue weighted by molar-refractivity contribution is 8.18. The minimum absolute atomic E-state index is 0.0402. The van der Waals surface area contributed by atoms with Gasteiger partial charge >= 0.3 is 0 Å². The molecule has 0 spiro atoms. The molecule has 2 saturated heterocycles. The normalized spacial score (nSPS) is 21.5. The Bertz CT molecular complexity index is 1220. The average molecular weight is 811 g/mol. The SMILES string of the molecule is C=C(CC(CC1(CC(=O)CC2CC(COCc3ccc(OC)cc3)OC(C)(C)O2)SCCCS1)O[Si](CC)(CC)CC)C(C)CO[Si](CC)(CC)CC. The number of Topliss-reactive ketones (excluding diaryl/α,β-unsaturated/α-hetero) is 1. The van der Waals surface area contributed by atoms with E-state index >= 15 is 0 Å². The van der Waals surface area contributed by atoms with Crippen molar-refractivity contribution in [2.24, 2.45) is 5.92 Å². The van der Waals surface area contributed by atoms with Crippen LogP contribution in [0.5, 0.6) is 5.75 Å². The van der Waals surface area contributed by atoms with Gasteiger partial charge in [0.1, 0.15) is 11.5 Å². The summed E-state index contributed by atoms with van der Waals surface area (Å²) in [6.45, 7) is 26.3. The van der Waals surface area contributed by atoms with Gasteiger partial charge in [-0.3, -0.25) is 4.79 Å². The quantitative estimate of drug-likeness (QED) is 0.0709. The highest BCUT2D eigenvalue weighted by atomic mass is 32.2. The molecule has 11 heteroatoms. The van der Waals surface area contributed by atoms with Crippen LogP contribution in [0.3, 0.4) is 0 Å². The van der Waals surface area contributed by atoms with Crippen molar-refractivity contribution in [3.05, 3.63) is 42.0 Å². The molecule has 53 heavy (non-hydrogen) atoms. The molecule has 0 amide bonds. The van der Waals surface area contributed by atoms with Gasteiger partial charge in [0.05, 0.1) is 42.7 Å². The number of thioether (sulfide) groups is 2. The average Bonchev–Trinajstić information content (AvgIpc) is 3.14. The number of benzene rings is 1. The Hall–Kier alpha value is -0.636. The first-order chi connectivity index (χ1) is 25.2. The fourth-order valence-electron chi connectivity index (χ4n) is 7.84. The largest absolute Gasteiger partial charge is 0.497 e. The molecule has 3 rings (SSSR count). The van der Waals surface area contributed by atoms with Gasteiger partial charge in [-0.2, -0.15) is 0 Å². The lowest BCUT2D eigenvalue weighted by Gasteiger charge is -2.43. The molecule has 0 aromatic heterocycles. The summed E-state index contributed by atoms with van der Waals surface area (Å²) in [6.07, 6.45) is 4.06. The molecular weight excluding hydrogens is 737 g/mol. The number of hydrogen-bond acceptors (Lipinski definition) is 9. The van der Waals surface area contributed by atoms with E-state index in [1.54, 1.807) is 7.11 Å². The summed E-state index contributed by atoms with van der Waals surface area (Å²) in [4.78, 5) is 14.1. The highest BCUT2D eigenvalue weighted by Crippen LogP contribution is 2.50. The van der Waals surface area contributed by atoms with Crippen molar-refractivity contribution in [3.63, 3.8) is 0 Å². The van der Waals surface area contributed by atoms with Crippen LogP contribution in [0.4, 0.5) is 0 Å². The summed E-state index contributed by atoms with van der Waals surface area (Å²) in [5.74, 6) is 2.71. The summed E-state index contributed by atoms with van der Waals surface area (Å²) in [5.41, 5.74) is 2.30. The Labute approximate surface area is 334 Å². The third-order valence-electron chi connectivity index (χ3n) is 11.7. The van der Waals surface area contributed by atoms with Gasteiger partial charge in [0.15, 0.2) is 22.4 Å². The Balaban J connectivity index is 1.71. The summed E-state index contributed by atoms with van der Waals surface area (Å²) in [6, 6.07) is 14.7. The third-order valence-corrected chi connectivity index (χ3v) is 24.5. The Morgan fingerprint density at radius 2 is 1.51 bits per heavy atom. The highest BCUT2D eigenvalue weighted by Gasteiger charge is 2.43. The predicted molar refractivity (Wildman–Crippen MR) is 230 cm³/mol. The third kappa shape index (κ3) is 14.7. The van der Waals surface area contributed by atoms with E-state index in [0.29, 0.717) is 32.5 Å². The van der Waals surface area contributed by atoms with E-state index in [9.17, 15) is 4.79 Å². The molecule has 2 heterocycles. The summed E-state index contributed by atoms with van der Waals surface area (Å²) in [7, 11) is -1.94. The van der Waals surface area contributed by atoms with E-state index in [1.165, 1.54) is 12.0 Å². The van der Waals surface area contributed by atoms with E-state index in [1.807, 2.05) is 61.6 Å². The maximum absolute atomic E-state index is 14.1. The Morgan fingerprint density at radius 3 is 2.08 bits per heavy atom. The zero-order valence-electron chi connectivity index (χ0n) is 35.0. The molecule has 0 bridgehead atoms. The van der Waals surface area contributed by atoms with Gasteiger partial charge in [0.2, 0.25) is 0 Å². The van der Waals surface area contributed by atoms with Crippen molar-refractivity contribution < 1.29 is 32.6 Å². The van der Waals surface area contributed by atoms with Crippen LogP contribution in [0, 0.1) is 5.92 Å². The molecule has 4 atom stereocenters. The van der Waals surface area contributed by atoms with Crippen molar-refractivity contribution in [1.29, 1.82) is 0 Å². The van der Waals surface area contributed by atoms with Crippen molar-refractivity contribution in [2.45, 2.75) is 172 Å². The number of methoxy groups -OCH3 is 1. The second-order valence-electron chi connectivity index (χ2n) is 15.9. The molecule has 1 aromatic carbocycles. The summed E-state index contributed by atoms with van der Waals surface area (Å²) >= 11 is 3.97. The molecule has 0 N–H and O–H groups in total. The minimum Gasteiger partial charge on any atom is -0.497 e. The Morgan fingerprint density at radius 1 is 0.925 bits per heavy atom. The standard InChI is InChI=1S/C42H74O7S2Si2/c1-12-52(13-2,14-3)46-30-34(8)33(7)25-39(49-53(15-4,16-5)17-6)29-42(50-23-18-24-51-42)28-36(43)26-38-27-40(48-41(9,10)47-38)32-45-31-35-19-21-37(44-11)22-20-35/h19-22,34,38-40H,7,12-18,23-32H2,1-6,8-11H3. The Kier molecular flexibility index (Phi) is 19.7. The second kappa shape index (κ2) is 22.3. The van der Waals surface area contributed by atoms with E-state index in [2.05, 4.69) is 55.0 Å². The molecule has 0 aliphatic carbocycles. The maximum atomic E-state index is 14.1. The lowest BCUT2D eigenvalue weighted by molar-refractivity contribution is -0.305. The molecule has 304 valence electrons. The van der Waals surface area contributed by atoms with E-state index in [4.69, 9.17) is 27.8 Å². The van der Waals surface area contributed by atoms with Crippen LogP contribution in [0.25, 0.3) is 0 Å². The molecule has 4 unspecified atom stereocenters. The fraction of sp³-hybridized carbons (Fsp3) is 0.786. The number of ketones is 1. The molecule has 2 fully saturated rings. The smallest absolute Gasteiger partial charge is 0.192 e. The number of carbonyl (C=O) groups excluding carboxylic acids is 1. The molecule has 2 aliphatic heterocycles. The molecule has 0 saturated carbocycles. The second-order valence-corrected chi connectivity index (χ2v) is 28.6. The lowest BCUT2D eigenvalue weighted by atomic mass is 9.94. The zero-order valence-corrected chi connectivity index (χ0v) is 38.7. The summed E-state index contributed by atoms with van der Waals surface area (Å²) < 4.78 is 37.8. The van der Waals surface area contributed by atoms with Crippen molar-refractivity contribution in [2.75, 3.05) is 31.8 Å². The van der Waals surface area contributed by atoms with Crippen LogP contribution >= 0.6 is 23.5 Å². The number of rotatable bonds is 25. The number of ether oxygens (including phenoxy) is 4. The first-order valence-corrected chi connectivity index (χ1v) is 27.6. The topological polar surface area (TPSA) is 72.5 Å². The van der Waals surface area contributed by atoms with Gasteiger partial charge in [-0.05, 0) is 104 Å². The van der Waals surface area contributed by atoms with Gasteiger partial charge in [-0.15, -0.1) is 23.5 Å². The van der Waals surface area contributed by atoms with Gasteiger partial charge in [0.25, 0.3) is 0 Å². The van der Waals surface area contributed by atoms with Crippen LogP contribution in [0.1, 0.15) is 106 Å². The van der Waals surface area contributed by atoms with Gasteiger partial charge in [-0.25, -0.2) is 0 Å². The maximum Gasteiger partial charge on any atom is 0.192 e. The molecule has 1 aromatic rings. The lowest BCUT2D eigenvalue weighted by Crippen LogP contribution is -2.47. The van der Waals surface area contributed by atoms with Crippen molar-refractivity contribution >= 4 is 45.9 Å². The molecule has 2 aliphatic rings. The first-order valence-electron chi connectivity index (χ1n) is 20.6. The number of hydrogen-bond donors (Lipinski definition) is 0. The predicted octanol–water partition coefficient (Wildman–Crippen LogP) is 11.4. The van der Waals surface area contributed by atoms with Crippen LogP contribution in [-0.2, 0) is 34.5 Å². The molecule has 7 nitrogen and oxygen atoms in total. The van der Waals surface area contributed by atoms with Crippen LogP contribution in [-0.4, -0.2) is 82.4 Å². The van der Waals surface area contributed by atoms with Crippen LogP contribution < -0.4 is 4.74 Å². The fourth-order valence-corrected chi connectivity index (χ4v) is 16.9. The van der Waals surface area contributed by atoms with Crippen molar-refractivity contribution in [1.82, 2.24) is 0 Å². The first kappa shape index (κ1) is 46.7. The van der Waals surface area contributed by atoms with Crippen molar-refractivity contribution in [3.8, 4) is 5.75 Å². The van der Waals surface area contributed by atoms with E-state index in [0.717, 1.165) is 78.5 Å². The van der Waals surface area contributed by atoms with Gasteiger partial charge in [-0.1, -0.05) is 72.8 Å². The van der Waals surface area contributed by atoms with E-state index in [-0.39, 0.29) is 34.1 Å². The monoisotopic (exact) mass is 810 g/mol.